The van der Waals surface area contributed by atoms with E-state index >= 15 is 0 Å². The fourth-order valence-corrected chi connectivity index (χ4v) is 2.46. The highest BCUT2D eigenvalue weighted by Gasteiger charge is 2.09. The van der Waals surface area contributed by atoms with Crippen LogP contribution in [0.4, 0.5) is 4.39 Å². The Morgan fingerprint density at radius 1 is 1.18 bits per heavy atom. The van der Waals surface area contributed by atoms with Crippen LogP contribution in [0.25, 0.3) is 5.57 Å². The van der Waals surface area contributed by atoms with Crippen LogP contribution in [0.15, 0.2) is 59.1 Å². The molecule has 0 atom stereocenters. The van der Waals surface area contributed by atoms with Crippen molar-refractivity contribution < 1.29 is 9.18 Å². The summed E-state index contributed by atoms with van der Waals surface area (Å²) in [5.41, 5.74) is 2.69. The molecule has 2 nitrogen and oxygen atoms in total. The van der Waals surface area contributed by atoms with Crippen LogP contribution < -0.4 is 0 Å². The van der Waals surface area contributed by atoms with Gasteiger partial charge in [0.05, 0.1) is 0 Å². The Kier molecular flexibility index (Phi) is 5.50. The van der Waals surface area contributed by atoms with Crippen molar-refractivity contribution in [3.63, 3.8) is 0 Å². The fourth-order valence-electron chi connectivity index (χ4n) is 2.05. The quantitative estimate of drug-likeness (QED) is 0.725. The average molecular weight is 362 g/mol. The number of carbonyl (C=O) groups is 1. The Labute approximate surface area is 138 Å². The van der Waals surface area contributed by atoms with E-state index in [1.54, 1.807) is 30.2 Å². The zero-order valence-corrected chi connectivity index (χ0v) is 14.1. The van der Waals surface area contributed by atoms with Gasteiger partial charge in [0.25, 0.3) is 0 Å². The van der Waals surface area contributed by atoms with Crippen LogP contribution in [-0.4, -0.2) is 17.9 Å². The van der Waals surface area contributed by atoms with Gasteiger partial charge in [0.1, 0.15) is 5.82 Å². The molecule has 2 aromatic carbocycles. The Hall–Kier alpha value is -1.94. The van der Waals surface area contributed by atoms with Crippen LogP contribution in [0.3, 0.4) is 0 Å². The van der Waals surface area contributed by atoms with E-state index in [2.05, 4.69) is 15.9 Å². The van der Waals surface area contributed by atoms with Gasteiger partial charge in [-0.05, 0) is 41.8 Å². The summed E-state index contributed by atoms with van der Waals surface area (Å²) in [5, 5.41) is 0. The summed E-state index contributed by atoms with van der Waals surface area (Å²) < 4.78 is 13.9. The molecule has 0 spiro atoms. The van der Waals surface area contributed by atoms with E-state index in [9.17, 15) is 9.18 Å². The third kappa shape index (κ3) is 4.28. The number of likely N-dealkylation sites (N-methyl/N-ethyl adjacent to an activating group) is 1. The van der Waals surface area contributed by atoms with E-state index < -0.39 is 0 Å². The lowest BCUT2D eigenvalue weighted by Crippen LogP contribution is -2.24. The van der Waals surface area contributed by atoms with Crippen molar-refractivity contribution in [2.75, 3.05) is 7.05 Å². The SMILES string of the molecule is C/C(=C/C(=O)N(C)Cc1ccccc1Br)c1ccc(F)cc1. The van der Waals surface area contributed by atoms with Crippen molar-refractivity contribution in [1.82, 2.24) is 4.90 Å². The molecular weight excluding hydrogens is 345 g/mol. The van der Waals surface area contributed by atoms with Crippen molar-refractivity contribution in [3.8, 4) is 0 Å². The van der Waals surface area contributed by atoms with E-state index in [4.69, 9.17) is 0 Å². The molecule has 0 aliphatic heterocycles. The molecule has 0 saturated heterocycles. The summed E-state index contributed by atoms with van der Waals surface area (Å²) in [5.74, 6) is -0.369. The summed E-state index contributed by atoms with van der Waals surface area (Å²) >= 11 is 3.48. The molecular formula is C18H17BrFNO. The van der Waals surface area contributed by atoms with Crippen LogP contribution in [0.2, 0.25) is 0 Å². The molecule has 0 N–H and O–H groups in total. The van der Waals surface area contributed by atoms with E-state index in [1.165, 1.54) is 12.1 Å². The number of amides is 1. The van der Waals surface area contributed by atoms with E-state index in [1.807, 2.05) is 31.2 Å². The first kappa shape index (κ1) is 16.4. The van der Waals surface area contributed by atoms with E-state index in [-0.39, 0.29) is 11.7 Å². The zero-order chi connectivity index (χ0) is 16.1. The van der Waals surface area contributed by atoms with Gasteiger partial charge in [0.15, 0.2) is 0 Å². The molecule has 0 fully saturated rings. The zero-order valence-electron chi connectivity index (χ0n) is 12.5. The maximum Gasteiger partial charge on any atom is 0.246 e. The lowest BCUT2D eigenvalue weighted by Gasteiger charge is -2.17. The first-order valence-corrected chi connectivity index (χ1v) is 7.69. The molecule has 0 unspecified atom stereocenters. The molecule has 0 heterocycles. The molecule has 0 saturated carbocycles. The summed E-state index contributed by atoms with van der Waals surface area (Å²) in [4.78, 5) is 13.9. The molecule has 2 rings (SSSR count). The minimum absolute atomic E-state index is 0.0856. The molecule has 114 valence electrons. The van der Waals surface area contributed by atoms with Gasteiger partial charge in [0, 0.05) is 24.1 Å². The molecule has 1 amide bonds. The number of rotatable bonds is 4. The lowest BCUT2D eigenvalue weighted by molar-refractivity contribution is -0.125. The van der Waals surface area contributed by atoms with Crippen LogP contribution >= 0.6 is 15.9 Å². The van der Waals surface area contributed by atoms with Gasteiger partial charge in [-0.1, -0.05) is 46.3 Å². The normalized spacial score (nSPS) is 11.4. The molecule has 0 aliphatic rings. The average Bonchev–Trinajstić information content (AvgIpc) is 2.50. The number of halogens is 2. The molecule has 0 aromatic heterocycles. The minimum Gasteiger partial charge on any atom is -0.338 e. The molecule has 4 heteroatoms. The van der Waals surface area contributed by atoms with Gasteiger partial charge < -0.3 is 4.90 Å². The second kappa shape index (κ2) is 7.36. The first-order chi connectivity index (χ1) is 10.5. The van der Waals surface area contributed by atoms with Crippen LogP contribution in [0, 0.1) is 5.82 Å². The number of benzene rings is 2. The molecule has 22 heavy (non-hydrogen) atoms. The predicted octanol–water partition coefficient (Wildman–Crippen LogP) is 4.65. The maximum atomic E-state index is 12.9. The van der Waals surface area contributed by atoms with Gasteiger partial charge in [-0.25, -0.2) is 4.39 Å². The van der Waals surface area contributed by atoms with Gasteiger partial charge in [-0.3, -0.25) is 4.79 Å². The lowest BCUT2D eigenvalue weighted by atomic mass is 10.1. The van der Waals surface area contributed by atoms with Crippen molar-refractivity contribution in [1.29, 1.82) is 0 Å². The summed E-state index contributed by atoms with van der Waals surface area (Å²) in [6, 6.07) is 13.9. The maximum absolute atomic E-state index is 12.9. The van der Waals surface area contributed by atoms with Crippen LogP contribution in [-0.2, 0) is 11.3 Å². The third-order valence-electron chi connectivity index (χ3n) is 3.38. The highest BCUT2D eigenvalue weighted by atomic mass is 79.9. The Morgan fingerprint density at radius 2 is 1.82 bits per heavy atom. The standard InChI is InChI=1S/C18H17BrFNO/c1-13(14-7-9-16(20)10-8-14)11-18(22)21(2)12-15-5-3-4-6-17(15)19/h3-11H,12H2,1-2H3/b13-11-. The minimum atomic E-state index is -0.283. The molecule has 0 aliphatic carbocycles. The predicted molar refractivity (Wildman–Crippen MR) is 90.7 cm³/mol. The topological polar surface area (TPSA) is 20.3 Å². The van der Waals surface area contributed by atoms with E-state index in [0.717, 1.165) is 21.2 Å². The van der Waals surface area contributed by atoms with Gasteiger partial charge >= 0.3 is 0 Å². The molecule has 0 bridgehead atoms. The third-order valence-corrected chi connectivity index (χ3v) is 4.15. The first-order valence-electron chi connectivity index (χ1n) is 6.90. The number of allylic oxidation sites excluding steroid dienone is 1. The number of nitrogens with zero attached hydrogens (tertiary/aromatic N) is 1. The Bertz CT molecular complexity index is 694. The highest BCUT2D eigenvalue weighted by molar-refractivity contribution is 9.10. The van der Waals surface area contributed by atoms with Gasteiger partial charge in [0.2, 0.25) is 5.91 Å². The molecule has 0 radical (unpaired) electrons. The number of hydrogen-bond acceptors (Lipinski definition) is 1. The van der Waals surface area contributed by atoms with Crippen LogP contribution in [0.1, 0.15) is 18.1 Å². The van der Waals surface area contributed by atoms with Crippen LogP contribution in [0.5, 0.6) is 0 Å². The van der Waals surface area contributed by atoms with Crippen molar-refractivity contribution in [3.05, 3.63) is 76.0 Å². The summed E-state index contributed by atoms with van der Waals surface area (Å²) in [6.07, 6.45) is 1.57. The van der Waals surface area contributed by atoms with E-state index in [0.29, 0.717) is 6.54 Å². The van der Waals surface area contributed by atoms with Crippen molar-refractivity contribution in [2.24, 2.45) is 0 Å². The second-order valence-corrected chi connectivity index (χ2v) is 5.97. The summed E-state index contributed by atoms with van der Waals surface area (Å²) in [6.45, 7) is 2.37. The van der Waals surface area contributed by atoms with Gasteiger partial charge in [-0.15, -0.1) is 0 Å². The Morgan fingerprint density at radius 3 is 2.45 bits per heavy atom. The number of hydrogen-bond donors (Lipinski definition) is 0. The van der Waals surface area contributed by atoms with Gasteiger partial charge in [-0.2, -0.15) is 0 Å². The number of carbonyl (C=O) groups excluding carboxylic acids is 1. The second-order valence-electron chi connectivity index (χ2n) is 5.12. The Balaban J connectivity index is 2.09. The van der Waals surface area contributed by atoms with Crippen molar-refractivity contribution in [2.45, 2.75) is 13.5 Å². The highest BCUT2D eigenvalue weighted by Crippen LogP contribution is 2.18. The largest absolute Gasteiger partial charge is 0.338 e. The van der Waals surface area contributed by atoms with Crippen molar-refractivity contribution >= 4 is 27.4 Å². The molecule has 2 aromatic rings. The monoisotopic (exact) mass is 361 g/mol. The smallest absolute Gasteiger partial charge is 0.246 e. The summed E-state index contributed by atoms with van der Waals surface area (Å²) in [7, 11) is 1.76. The fraction of sp³-hybridized carbons (Fsp3) is 0.167.